The van der Waals surface area contributed by atoms with Crippen LogP contribution in [0.25, 0.3) is 0 Å². The molecule has 0 spiro atoms. The third-order valence-electron chi connectivity index (χ3n) is 3.99. The second-order valence-electron chi connectivity index (χ2n) is 6.15. The van der Waals surface area contributed by atoms with Gasteiger partial charge in [-0.05, 0) is 47.3 Å². The molecule has 2 aromatic carbocycles. The van der Waals surface area contributed by atoms with Gasteiger partial charge in [0.25, 0.3) is 10.0 Å². The van der Waals surface area contributed by atoms with Crippen molar-refractivity contribution in [1.82, 2.24) is 0 Å². The van der Waals surface area contributed by atoms with Crippen LogP contribution in [0.2, 0.25) is 5.02 Å². The van der Waals surface area contributed by atoms with Gasteiger partial charge in [-0.1, -0.05) is 29.8 Å². The lowest BCUT2D eigenvalue weighted by molar-refractivity contribution is -0.115. The van der Waals surface area contributed by atoms with E-state index in [0.717, 1.165) is 11.3 Å². The molecule has 0 atom stereocenters. The standard InChI is InChI=1S/C20H17ClN2O5S2/c1-28-20(25)16-12-15(8-9-17(16)21)22-18(24)11-13-4-6-14(7-5-13)23-30(26,27)19-3-2-10-29-19/h2-10,12,23H,11H2,1H3,(H,22,24). The Bertz CT molecular complexity index is 1160. The van der Waals surface area contributed by atoms with E-state index in [2.05, 4.69) is 14.8 Å². The largest absolute Gasteiger partial charge is 0.465 e. The number of hydrogen-bond acceptors (Lipinski definition) is 6. The smallest absolute Gasteiger partial charge is 0.339 e. The summed E-state index contributed by atoms with van der Waals surface area (Å²) < 4.78 is 31.9. The van der Waals surface area contributed by atoms with E-state index in [1.807, 2.05) is 0 Å². The number of amides is 1. The summed E-state index contributed by atoms with van der Waals surface area (Å²) in [5.41, 5.74) is 1.64. The normalized spacial score (nSPS) is 11.0. The molecule has 0 radical (unpaired) electrons. The number of rotatable bonds is 7. The molecule has 1 aromatic heterocycles. The predicted molar refractivity (Wildman–Crippen MR) is 117 cm³/mol. The maximum absolute atomic E-state index is 12.3. The van der Waals surface area contributed by atoms with Gasteiger partial charge in [0, 0.05) is 11.4 Å². The molecule has 7 nitrogen and oxygen atoms in total. The van der Waals surface area contributed by atoms with Crippen molar-refractivity contribution < 1.29 is 22.7 Å². The fourth-order valence-corrected chi connectivity index (χ4v) is 4.82. The summed E-state index contributed by atoms with van der Waals surface area (Å²) >= 11 is 7.09. The first-order valence-electron chi connectivity index (χ1n) is 8.61. The fourth-order valence-electron chi connectivity index (χ4n) is 2.57. The average Bonchev–Trinajstić information content (AvgIpc) is 3.26. The molecule has 0 bridgehead atoms. The quantitative estimate of drug-likeness (QED) is 0.511. The highest BCUT2D eigenvalue weighted by atomic mass is 35.5. The topological polar surface area (TPSA) is 102 Å². The zero-order valence-electron chi connectivity index (χ0n) is 15.7. The second kappa shape index (κ2) is 9.29. The highest BCUT2D eigenvalue weighted by Gasteiger charge is 2.15. The maximum Gasteiger partial charge on any atom is 0.339 e. The van der Waals surface area contributed by atoms with Gasteiger partial charge in [0.05, 0.1) is 24.1 Å². The summed E-state index contributed by atoms with van der Waals surface area (Å²) in [6.07, 6.45) is 0.0636. The van der Waals surface area contributed by atoms with Crippen LogP contribution >= 0.6 is 22.9 Å². The van der Waals surface area contributed by atoms with Gasteiger partial charge in [0.2, 0.25) is 5.91 Å². The molecule has 0 aliphatic rings. The molecule has 2 N–H and O–H groups in total. The first-order valence-corrected chi connectivity index (χ1v) is 11.4. The molecule has 3 aromatic rings. The van der Waals surface area contributed by atoms with Crippen molar-refractivity contribution in [2.24, 2.45) is 0 Å². The van der Waals surface area contributed by atoms with Gasteiger partial charge in [-0.3, -0.25) is 9.52 Å². The van der Waals surface area contributed by atoms with Crippen LogP contribution in [0.5, 0.6) is 0 Å². The molecule has 0 fully saturated rings. The zero-order chi connectivity index (χ0) is 21.7. The summed E-state index contributed by atoms with van der Waals surface area (Å²) in [5.74, 6) is -0.906. The fraction of sp³-hybridized carbons (Fsp3) is 0.100. The van der Waals surface area contributed by atoms with Gasteiger partial charge in [0.1, 0.15) is 4.21 Å². The van der Waals surface area contributed by atoms with E-state index in [4.69, 9.17) is 11.6 Å². The number of ether oxygens (including phenoxy) is 1. The second-order valence-corrected chi connectivity index (χ2v) is 9.41. The summed E-state index contributed by atoms with van der Waals surface area (Å²) in [5, 5.41) is 4.60. The van der Waals surface area contributed by atoms with E-state index in [-0.39, 0.29) is 27.1 Å². The first kappa shape index (κ1) is 21.8. The summed E-state index contributed by atoms with van der Waals surface area (Å²) in [6.45, 7) is 0. The zero-order valence-corrected chi connectivity index (χ0v) is 18.1. The van der Waals surface area contributed by atoms with Crippen molar-refractivity contribution >= 4 is 56.2 Å². The van der Waals surface area contributed by atoms with Gasteiger partial charge in [-0.25, -0.2) is 13.2 Å². The number of carbonyl (C=O) groups excluding carboxylic acids is 2. The van der Waals surface area contributed by atoms with E-state index in [0.29, 0.717) is 16.9 Å². The van der Waals surface area contributed by atoms with Crippen molar-refractivity contribution in [2.45, 2.75) is 10.6 Å². The molecule has 1 amide bonds. The molecule has 3 rings (SSSR count). The summed E-state index contributed by atoms with van der Waals surface area (Å²) in [4.78, 5) is 24.0. The van der Waals surface area contributed by atoms with Crippen LogP contribution in [-0.2, 0) is 26.0 Å². The Morgan fingerprint density at radius 2 is 1.77 bits per heavy atom. The molecule has 0 saturated carbocycles. The van der Waals surface area contributed by atoms with Crippen LogP contribution in [0, 0.1) is 0 Å². The minimum atomic E-state index is -3.62. The van der Waals surface area contributed by atoms with Gasteiger partial charge in [-0.2, -0.15) is 0 Å². The lowest BCUT2D eigenvalue weighted by Gasteiger charge is -2.09. The monoisotopic (exact) mass is 464 g/mol. The van der Waals surface area contributed by atoms with Crippen molar-refractivity contribution in [3.63, 3.8) is 0 Å². The maximum atomic E-state index is 12.3. The van der Waals surface area contributed by atoms with Crippen LogP contribution in [0.1, 0.15) is 15.9 Å². The van der Waals surface area contributed by atoms with E-state index < -0.39 is 16.0 Å². The molecule has 10 heteroatoms. The van der Waals surface area contributed by atoms with Crippen LogP contribution in [0.4, 0.5) is 11.4 Å². The van der Waals surface area contributed by atoms with Crippen molar-refractivity contribution in [2.75, 3.05) is 17.1 Å². The third-order valence-corrected chi connectivity index (χ3v) is 7.09. The number of halogens is 1. The van der Waals surface area contributed by atoms with Crippen molar-refractivity contribution in [3.05, 3.63) is 76.1 Å². The minimum Gasteiger partial charge on any atom is -0.465 e. The number of carbonyl (C=O) groups is 2. The van der Waals surface area contributed by atoms with E-state index >= 15 is 0 Å². The third kappa shape index (κ3) is 5.38. The Labute approximate surface area is 182 Å². The Balaban J connectivity index is 1.63. The molecule has 0 saturated heterocycles. The minimum absolute atomic E-state index is 0.0636. The molecule has 1 heterocycles. The Hall–Kier alpha value is -2.88. The van der Waals surface area contributed by atoms with Gasteiger partial charge in [0.15, 0.2) is 0 Å². The van der Waals surface area contributed by atoms with Crippen LogP contribution in [0.3, 0.4) is 0 Å². The highest BCUT2D eigenvalue weighted by molar-refractivity contribution is 7.94. The van der Waals surface area contributed by atoms with Crippen LogP contribution in [-0.4, -0.2) is 27.4 Å². The summed E-state index contributed by atoms with van der Waals surface area (Å²) in [7, 11) is -2.38. The number of esters is 1. The number of thiophene rings is 1. The Kier molecular flexibility index (Phi) is 6.76. The molecule has 30 heavy (non-hydrogen) atoms. The number of methoxy groups -OCH3 is 1. The SMILES string of the molecule is COC(=O)c1cc(NC(=O)Cc2ccc(NS(=O)(=O)c3cccs3)cc2)ccc1Cl. The number of benzene rings is 2. The lowest BCUT2D eigenvalue weighted by Crippen LogP contribution is -2.15. The van der Waals surface area contributed by atoms with E-state index in [9.17, 15) is 18.0 Å². The van der Waals surface area contributed by atoms with Crippen molar-refractivity contribution in [3.8, 4) is 0 Å². The molecule has 0 aliphatic heterocycles. The predicted octanol–water partition coefficient (Wildman–Crippen LogP) is 4.17. The molecular weight excluding hydrogens is 448 g/mol. The number of nitrogens with one attached hydrogen (secondary N) is 2. The molecular formula is C20H17ClN2O5S2. The van der Waals surface area contributed by atoms with Gasteiger partial charge < -0.3 is 10.1 Å². The number of hydrogen-bond donors (Lipinski definition) is 2. The summed E-state index contributed by atoms with van der Waals surface area (Å²) in [6, 6.07) is 14.2. The Morgan fingerprint density at radius 1 is 1.07 bits per heavy atom. The van der Waals surface area contributed by atoms with Crippen molar-refractivity contribution in [1.29, 1.82) is 0 Å². The van der Waals surface area contributed by atoms with Gasteiger partial charge >= 0.3 is 5.97 Å². The van der Waals surface area contributed by atoms with E-state index in [1.54, 1.807) is 41.8 Å². The first-order chi connectivity index (χ1) is 14.3. The molecule has 0 unspecified atom stereocenters. The lowest BCUT2D eigenvalue weighted by atomic mass is 10.1. The van der Waals surface area contributed by atoms with Crippen LogP contribution < -0.4 is 10.0 Å². The van der Waals surface area contributed by atoms with E-state index in [1.165, 1.54) is 25.3 Å². The number of anilines is 2. The average molecular weight is 465 g/mol. The number of sulfonamides is 1. The Morgan fingerprint density at radius 3 is 2.40 bits per heavy atom. The molecule has 156 valence electrons. The molecule has 0 aliphatic carbocycles. The highest BCUT2D eigenvalue weighted by Crippen LogP contribution is 2.22. The van der Waals surface area contributed by atoms with Gasteiger partial charge in [-0.15, -0.1) is 11.3 Å². The van der Waals surface area contributed by atoms with Crippen LogP contribution in [0.15, 0.2) is 64.2 Å².